The molecule has 168 valence electrons. The molecular weight excluding hydrogens is 433 g/mol. The van der Waals surface area contributed by atoms with Crippen molar-refractivity contribution in [3.8, 4) is 11.5 Å². The van der Waals surface area contributed by atoms with Gasteiger partial charge in [0.1, 0.15) is 11.9 Å². The zero-order valence-corrected chi connectivity index (χ0v) is 18.2. The molecule has 0 saturated heterocycles. The number of aromatic hydroxyl groups is 1. The van der Waals surface area contributed by atoms with Crippen LogP contribution in [0.15, 0.2) is 77.7 Å². The molecule has 32 heavy (non-hydrogen) atoms. The molecule has 0 radical (unpaired) electrons. The number of anilines is 1. The Morgan fingerprint density at radius 3 is 2.44 bits per heavy atom. The molecule has 3 aromatic rings. The highest BCUT2D eigenvalue weighted by molar-refractivity contribution is 7.98. The monoisotopic (exact) mass is 457 g/mol. The summed E-state index contributed by atoms with van der Waals surface area (Å²) < 4.78 is 25.7. The highest BCUT2D eigenvalue weighted by Crippen LogP contribution is 2.30. The van der Waals surface area contributed by atoms with Gasteiger partial charge in [0.05, 0.1) is 0 Å². The van der Waals surface area contributed by atoms with Gasteiger partial charge in [-0.25, -0.2) is 9.18 Å². The van der Waals surface area contributed by atoms with Gasteiger partial charge in [-0.15, -0.1) is 11.8 Å². The topological polar surface area (TPSA) is 88.0 Å². The highest BCUT2D eigenvalue weighted by Gasteiger charge is 2.30. The third-order valence-electron chi connectivity index (χ3n) is 4.65. The standard InChI is InChI=1S/C24H24FNO5S/c1-32-19-10-8-17(9-11-19)26-24(29)31-23(16-7-12-21(28)20(25)15-16)22(13-14-27)30-18-5-3-2-4-6-18/h2-12,15,22-23,27-28H,13-14H2,1H3,(H,26,29)/t22-,23-/m1/s1. The lowest BCUT2D eigenvalue weighted by Gasteiger charge is -2.28. The summed E-state index contributed by atoms with van der Waals surface area (Å²) in [5.74, 6) is -0.869. The summed E-state index contributed by atoms with van der Waals surface area (Å²) in [6.07, 6.45) is -0.553. The smallest absolute Gasteiger partial charge is 0.412 e. The number of benzene rings is 3. The largest absolute Gasteiger partial charge is 0.505 e. The molecule has 1 amide bonds. The molecule has 0 aliphatic rings. The lowest BCUT2D eigenvalue weighted by atomic mass is 10.0. The molecule has 2 atom stereocenters. The third-order valence-corrected chi connectivity index (χ3v) is 5.40. The number of hydrogen-bond acceptors (Lipinski definition) is 6. The van der Waals surface area contributed by atoms with Crippen LogP contribution in [0, 0.1) is 5.82 Å². The van der Waals surface area contributed by atoms with E-state index in [0.717, 1.165) is 11.0 Å². The average molecular weight is 458 g/mol. The summed E-state index contributed by atoms with van der Waals surface area (Å²) in [5, 5.41) is 21.8. The van der Waals surface area contributed by atoms with Crippen LogP contribution in [0.3, 0.4) is 0 Å². The van der Waals surface area contributed by atoms with Crippen LogP contribution in [0.1, 0.15) is 18.1 Å². The van der Waals surface area contributed by atoms with Crippen molar-refractivity contribution < 1.29 is 28.9 Å². The lowest BCUT2D eigenvalue weighted by Crippen LogP contribution is -2.31. The fraction of sp³-hybridized carbons (Fsp3) is 0.208. The van der Waals surface area contributed by atoms with Crippen LogP contribution in [-0.4, -0.2) is 35.3 Å². The minimum Gasteiger partial charge on any atom is -0.505 e. The van der Waals surface area contributed by atoms with Gasteiger partial charge in [0.2, 0.25) is 0 Å². The van der Waals surface area contributed by atoms with Gasteiger partial charge in [0, 0.05) is 23.6 Å². The van der Waals surface area contributed by atoms with E-state index in [9.17, 15) is 19.4 Å². The van der Waals surface area contributed by atoms with Crippen LogP contribution in [-0.2, 0) is 4.74 Å². The number of phenols is 1. The van der Waals surface area contributed by atoms with Gasteiger partial charge in [0.15, 0.2) is 17.7 Å². The van der Waals surface area contributed by atoms with Crippen LogP contribution < -0.4 is 10.1 Å². The van der Waals surface area contributed by atoms with Gasteiger partial charge >= 0.3 is 6.09 Å². The van der Waals surface area contributed by atoms with E-state index in [-0.39, 0.29) is 18.6 Å². The van der Waals surface area contributed by atoms with E-state index in [1.54, 1.807) is 48.2 Å². The molecule has 3 rings (SSSR count). The quantitative estimate of drug-likeness (QED) is 0.374. The molecule has 6 nitrogen and oxygen atoms in total. The van der Waals surface area contributed by atoms with Gasteiger partial charge in [-0.05, 0) is 60.4 Å². The molecule has 3 aromatic carbocycles. The first-order chi connectivity index (χ1) is 15.5. The Labute approximate surface area is 190 Å². The normalized spacial score (nSPS) is 12.6. The number of amides is 1. The van der Waals surface area contributed by atoms with E-state index in [0.29, 0.717) is 11.4 Å². The first-order valence-electron chi connectivity index (χ1n) is 9.93. The van der Waals surface area contributed by atoms with E-state index in [1.807, 2.05) is 24.5 Å². The zero-order valence-electron chi connectivity index (χ0n) is 17.4. The Hall–Kier alpha value is -3.23. The number of hydrogen-bond donors (Lipinski definition) is 3. The van der Waals surface area contributed by atoms with Crippen molar-refractivity contribution in [1.29, 1.82) is 0 Å². The maximum absolute atomic E-state index is 14.1. The van der Waals surface area contributed by atoms with Gasteiger partial charge < -0.3 is 19.7 Å². The number of phenolic OH excluding ortho intramolecular Hbond substituents is 1. The molecule has 0 heterocycles. The van der Waals surface area contributed by atoms with E-state index >= 15 is 0 Å². The molecule has 0 aromatic heterocycles. The van der Waals surface area contributed by atoms with Crippen molar-refractivity contribution in [3.63, 3.8) is 0 Å². The first-order valence-corrected chi connectivity index (χ1v) is 11.2. The van der Waals surface area contributed by atoms with Crippen molar-refractivity contribution in [2.45, 2.75) is 23.5 Å². The molecule has 0 spiro atoms. The Bertz CT molecular complexity index is 1020. The van der Waals surface area contributed by atoms with E-state index in [2.05, 4.69) is 5.32 Å². The van der Waals surface area contributed by atoms with Crippen molar-refractivity contribution in [1.82, 2.24) is 0 Å². The number of rotatable bonds is 9. The summed E-state index contributed by atoms with van der Waals surface area (Å²) in [6.45, 7) is -0.240. The van der Waals surface area contributed by atoms with Crippen molar-refractivity contribution >= 4 is 23.5 Å². The summed E-state index contributed by atoms with van der Waals surface area (Å²) in [4.78, 5) is 13.7. The van der Waals surface area contributed by atoms with E-state index in [1.165, 1.54) is 12.1 Å². The number of aliphatic hydroxyl groups is 1. The molecule has 0 fully saturated rings. The minimum atomic E-state index is -1.05. The predicted octanol–water partition coefficient (Wildman–Crippen LogP) is 5.37. The number of nitrogens with one attached hydrogen (secondary N) is 1. The van der Waals surface area contributed by atoms with Gasteiger partial charge in [-0.3, -0.25) is 5.32 Å². The number of carbonyl (C=O) groups is 1. The molecule has 3 N–H and O–H groups in total. The third kappa shape index (κ3) is 6.38. The molecule has 0 unspecified atom stereocenters. The fourth-order valence-corrected chi connectivity index (χ4v) is 3.48. The van der Waals surface area contributed by atoms with Crippen LogP contribution in [0.4, 0.5) is 14.9 Å². The van der Waals surface area contributed by atoms with Crippen LogP contribution >= 0.6 is 11.8 Å². The van der Waals surface area contributed by atoms with E-state index < -0.39 is 29.9 Å². The Morgan fingerprint density at radius 1 is 1.09 bits per heavy atom. The lowest BCUT2D eigenvalue weighted by molar-refractivity contribution is 0.00892. The van der Waals surface area contributed by atoms with Gasteiger partial charge in [-0.2, -0.15) is 0 Å². The van der Waals surface area contributed by atoms with E-state index in [4.69, 9.17) is 9.47 Å². The van der Waals surface area contributed by atoms with Gasteiger partial charge in [0.25, 0.3) is 0 Å². The summed E-state index contributed by atoms with van der Waals surface area (Å²) in [7, 11) is 0. The molecule has 8 heteroatoms. The second-order valence-corrected chi connectivity index (χ2v) is 7.75. The maximum Gasteiger partial charge on any atom is 0.412 e. The summed E-state index contributed by atoms with van der Waals surface area (Å²) in [6, 6.07) is 19.8. The van der Waals surface area contributed by atoms with Crippen LogP contribution in [0.5, 0.6) is 11.5 Å². The Morgan fingerprint density at radius 2 is 1.81 bits per heavy atom. The number of thioether (sulfide) groups is 1. The highest BCUT2D eigenvalue weighted by atomic mass is 32.2. The second-order valence-electron chi connectivity index (χ2n) is 6.87. The molecule has 0 aliphatic carbocycles. The van der Waals surface area contributed by atoms with Crippen LogP contribution in [0.2, 0.25) is 0 Å². The number of ether oxygens (including phenoxy) is 2. The average Bonchev–Trinajstić information content (AvgIpc) is 2.80. The molecular formula is C24H24FNO5S. The number of halogens is 1. The van der Waals surface area contributed by atoms with Crippen molar-refractivity contribution in [2.24, 2.45) is 0 Å². The maximum atomic E-state index is 14.1. The summed E-state index contributed by atoms with van der Waals surface area (Å²) in [5.41, 5.74) is 0.814. The molecule has 0 saturated carbocycles. The van der Waals surface area contributed by atoms with Crippen molar-refractivity contribution in [3.05, 3.63) is 84.2 Å². The van der Waals surface area contributed by atoms with Gasteiger partial charge in [-0.1, -0.05) is 24.3 Å². The number of para-hydroxylation sites is 1. The first kappa shape index (κ1) is 23.4. The van der Waals surface area contributed by atoms with Crippen LogP contribution in [0.25, 0.3) is 0 Å². The SMILES string of the molecule is CSc1ccc(NC(=O)O[C@H](c2ccc(O)c(F)c2)[C@@H](CCO)Oc2ccccc2)cc1. The number of aliphatic hydroxyl groups excluding tert-OH is 1. The molecule has 0 bridgehead atoms. The fourth-order valence-electron chi connectivity index (χ4n) is 3.07. The minimum absolute atomic E-state index is 0.123. The Kier molecular flexibility index (Phi) is 8.35. The van der Waals surface area contributed by atoms with Crippen molar-refractivity contribution in [2.75, 3.05) is 18.2 Å². The summed E-state index contributed by atoms with van der Waals surface area (Å²) >= 11 is 1.58. The zero-order chi connectivity index (χ0) is 22.9. The molecule has 0 aliphatic heterocycles. The Balaban J connectivity index is 1.85. The second kappa shape index (κ2) is 11.4. The number of carbonyl (C=O) groups excluding carboxylic acids is 1. The predicted molar refractivity (Wildman–Crippen MR) is 122 cm³/mol.